The van der Waals surface area contributed by atoms with Gasteiger partial charge in [-0.25, -0.2) is 4.98 Å². The topological polar surface area (TPSA) is 45.8 Å². The van der Waals surface area contributed by atoms with E-state index in [4.69, 9.17) is 0 Å². The molecule has 0 saturated heterocycles. The molecular formula is C14H14N2OS. The van der Waals surface area contributed by atoms with Crippen LogP contribution >= 0.6 is 11.8 Å². The molecule has 2 rings (SSSR count). The van der Waals surface area contributed by atoms with Crippen molar-refractivity contribution < 1.29 is 0 Å². The Balaban J connectivity index is 1.92. The molecule has 1 aromatic heterocycles. The van der Waals surface area contributed by atoms with E-state index in [0.29, 0.717) is 5.16 Å². The third-order valence-corrected chi connectivity index (χ3v) is 3.10. The van der Waals surface area contributed by atoms with Gasteiger partial charge in [0.2, 0.25) is 0 Å². The Labute approximate surface area is 110 Å². The zero-order chi connectivity index (χ0) is 12.8. The fraction of sp³-hybridized carbons (Fsp3) is 0.143. The van der Waals surface area contributed by atoms with Gasteiger partial charge in [-0.15, -0.1) is 0 Å². The van der Waals surface area contributed by atoms with Crippen LogP contribution in [0.5, 0.6) is 0 Å². The van der Waals surface area contributed by atoms with Crippen molar-refractivity contribution in [3.05, 3.63) is 64.1 Å². The number of rotatable bonds is 4. The van der Waals surface area contributed by atoms with Gasteiger partial charge in [-0.05, 0) is 12.5 Å². The Morgan fingerprint density at radius 2 is 2.11 bits per heavy atom. The molecule has 0 spiro atoms. The van der Waals surface area contributed by atoms with Crippen LogP contribution in [0.15, 0.2) is 52.4 Å². The van der Waals surface area contributed by atoms with Gasteiger partial charge in [0.1, 0.15) is 0 Å². The molecule has 4 heteroatoms. The van der Waals surface area contributed by atoms with Gasteiger partial charge in [0.15, 0.2) is 5.16 Å². The molecule has 0 fully saturated rings. The van der Waals surface area contributed by atoms with E-state index >= 15 is 0 Å². The van der Waals surface area contributed by atoms with E-state index in [9.17, 15) is 4.79 Å². The summed E-state index contributed by atoms with van der Waals surface area (Å²) in [6.45, 7) is 1.82. The van der Waals surface area contributed by atoms with E-state index in [0.717, 1.165) is 11.4 Å². The van der Waals surface area contributed by atoms with Crippen LogP contribution < -0.4 is 5.56 Å². The van der Waals surface area contributed by atoms with E-state index in [-0.39, 0.29) is 5.56 Å². The lowest BCUT2D eigenvalue weighted by Crippen LogP contribution is -2.07. The highest BCUT2D eigenvalue weighted by atomic mass is 32.2. The molecule has 92 valence electrons. The minimum absolute atomic E-state index is 0.1000. The molecule has 2 aromatic rings. The Morgan fingerprint density at radius 1 is 1.33 bits per heavy atom. The van der Waals surface area contributed by atoms with Crippen LogP contribution in [-0.4, -0.2) is 15.7 Å². The zero-order valence-corrected chi connectivity index (χ0v) is 10.9. The van der Waals surface area contributed by atoms with Crippen LogP contribution in [0.1, 0.15) is 11.3 Å². The molecule has 18 heavy (non-hydrogen) atoms. The van der Waals surface area contributed by atoms with Gasteiger partial charge in [0.25, 0.3) is 5.56 Å². The molecule has 0 atom stereocenters. The predicted octanol–water partition coefficient (Wildman–Crippen LogP) is 2.88. The standard InChI is InChI=1S/C14H14N2OS/c1-11-10-13(17)16-14(15-11)18-9-5-8-12-6-3-2-4-7-12/h2-8,10H,9H2,1H3,(H,15,16,17)/b8-5-. The van der Waals surface area contributed by atoms with Crippen molar-refractivity contribution in [1.82, 2.24) is 9.97 Å². The van der Waals surface area contributed by atoms with Gasteiger partial charge in [-0.1, -0.05) is 54.2 Å². The van der Waals surface area contributed by atoms with Gasteiger partial charge in [-0.3, -0.25) is 4.79 Å². The summed E-state index contributed by atoms with van der Waals surface area (Å²) in [6, 6.07) is 11.6. The Kier molecular flexibility index (Phi) is 4.36. The van der Waals surface area contributed by atoms with Crippen molar-refractivity contribution in [3.8, 4) is 0 Å². The molecule has 0 amide bonds. The molecule has 0 aliphatic carbocycles. The number of nitrogens with zero attached hydrogens (tertiary/aromatic N) is 1. The fourth-order valence-corrected chi connectivity index (χ4v) is 2.23. The third-order valence-electron chi connectivity index (χ3n) is 2.27. The first-order chi connectivity index (χ1) is 8.74. The lowest BCUT2D eigenvalue weighted by molar-refractivity contribution is 0.907. The summed E-state index contributed by atoms with van der Waals surface area (Å²) >= 11 is 1.51. The van der Waals surface area contributed by atoms with E-state index in [2.05, 4.69) is 22.1 Å². The van der Waals surface area contributed by atoms with Crippen LogP contribution in [0.4, 0.5) is 0 Å². The molecule has 1 N–H and O–H groups in total. The minimum Gasteiger partial charge on any atom is -0.301 e. The maximum absolute atomic E-state index is 11.2. The highest BCUT2D eigenvalue weighted by molar-refractivity contribution is 7.99. The molecule has 0 unspecified atom stereocenters. The largest absolute Gasteiger partial charge is 0.301 e. The summed E-state index contributed by atoms with van der Waals surface area (Å²) in [6.07, 6.45) is 4.11. The second kappa shape index (κ2) is 6.21. The highest BCUT2D eigenvalue weighted by Gasteiger charge is 1.97. The summed E-state index contributed by atoms with van der Waals surface area (Å²) in [7, 11) is 0. The molecule has 0 saturated carbocycles. The van der Waals surface area contributed by atoms with Crippen molar-refractivity contribution in [2.75, 3.05) is 5.75 Å². The average Bonchev–Trinajstić information content (AvgIpc) is 2.35. The number of thioether (sulfide) groups is 1. The summed E-state index contributed by atoms with van der Waals surface area (Å²) in [4.78, 5) is 18.2. The lowest BCUT2D eigenvalue weighted by Gasteiger charge is -1.98. The Morgan fingerprint density at radius 3 is 2.83 bits per heavy atom. The van der Waals surface area contributed by atoms with Crippen molar-refractivity contribution in [2.45, 2.75) is 12.1 Å². The van der Waals surface area contributed by atoms with E-state index in [1.165, 1.54) is 23.4 Å². The van der Waals surface area contributed by atoms with Crippen LogP contribution in [0.25, 0.3) is 6.08 Å². The normalized spacial score (nSPS) is 10.9. The van der Waals surface area contributed by atoms with Crippen LogP contribution in [0.3, 0.4) is 0 Å². The van der Waals surface area contributed by atoms with E-state index < -0.39 is 0 Å². The zero-order valence-electron chi connectivity index (χ0n) is 10.1. The minimum atomic E-state index is -0.1000. The monoisotopic (exact) mass is 258 g/mol. The molecule has 0 aliphatic rings. The van der Waals surface area contributed by atoms with Crippen LogP contribution in [0.2, 0.25) is 0 Å². The Hall–Kier alpha value is -1.81. The predicted molar refractivity (Wildman–Crippen MR) is 75.8 cm³/mol. The van der Waals surface area contributed by atoms with Gasteiger partial charge < -0.3 is 4.98 Å². The first-order valence-corrected chi connectivity index (χ1v) is 6.65. The Bertz CT molecular complexity index is 590. The number of aryl methyl sites for hydroxylation is 1. The number of aromatic nitrogens is 2. The summed E-state index contributed by atoms with van der Waals surface area (Å²) in [5.41, 5.74) is 1.81. The number of nitrogens with one attached hydrogen (secondary N) is 1. The molecule has 1 aromatic carbocycles. The van der Waals surface area contributed by atoms with E-state index in [1.807, 2.05) is 37.3 Å². The van der Waals surface area contributed by atoms with Crippen LogP contribution in [-0.2, 0) is 0 Å². The van der Waals surface area contributed by atoms with Crippen molar-refractivity contribution in [3.63, 3.8) is 0 Å². The maximum atomic E-state index is 11.2. The van der Waals surface area contributed by atoms with Gasteiger partial charge >= 0.3 is 0 Å². The molecule has 0 bridgehead atoms. The van der Waals surface area contributed by atoms with Crippen LogP contribution in [0, 0.1) is 6.92 Å². The first kappa shape index (κ1) is 12.6. The maximum Gasteiger partial charge on any atom is 0.251 e. The first-order valence-electron chi connectivity index (χ1n) is 5.66. The van der Waals surface area contributed by atoms with Gasteiger partial charge in [0.05, 0.1) is 0 Å². The number of H-pyrrole nitrogens is 1. The molecule has 0 radical (unpaired) electrons. The smallest absolute Gasteiger partial charge is 0.251 e. The number of benzene rings is 1. The number of aromatic amines is 1. The van der Waals surface area contributed by atoms with Crippen molar-refractivity contribution in [2.24, 2.45) is 0 Å². The average molecular weight is 258 g/mol. The van der Waals surface area contributed by atoms with Crippen molar-refractivity contribution in [1.29, 1.82) is 0 Å². The SMILES string of the molecule is Cc1cc(=O)[nH]c(SC/C=C\c2ccccc2)n1. The highest BCUT2D eigenvalue weighted by Crippen LogP contribution is 2.12. The summed E-state index contributed by atoms with van der Waals surface area (Å²) < 4.78 is 0. The van der Waals surface area contributed by atoms with Gasteiger partial charge in [0, 0.05) is 17.5 Å². The summed E-state index contributed by atoms with van der Waals surface area (Å²) in [5.74, 6) is 0.779. The molecule has 0 aliphatic heterocycles. The second-order valence-electron chi connectivity index (χ2n) is 3.82. The third kappa shape index (κ3) is 3.89. The van der Waals surface area contributed by atoms with Gasteiger partial charge in [-0.2, -0.15) is 0 Å². The number of hydrogen-bond acceptors (Lipinski definition) is 3. The quantitative estimate of drug-likeness (QED) is 0.677. The molecular weight excluding hydrogens is 244 g/mol. The van der Waals surface area contributed by atoms with E-state index in [1.54, 1.807) is 0 Å². The fourth-order valence-electron chi connectivity index (χ4n) is 1.50. The lowest BCUT2D eigenvalue weighted by atomic mass is 10.2. The van der Waals surface area contributed by atoms with Crippen molar-refractivity contribution >= 4 is 17.8 Å². The number of hydrogen-bond donors (Lipinski definition) is 1. The molecule has 1 heterocycles. The summed E-state index contributed by atoms with van der Waals surface area (Å²) in [5, 5.41) is 0.665. The molecule has 3 nitrogen and oxygen atoms in total. The second-order valence-corrected chi connectivity index (χ2v) is 4.82.